The first-order chi connectivity index (χ1) is 9.61. The molecule has 2 unspecified atom stereocenters. The van der Waals surface area contributed by atoms with Crippen molar-refractivity contribution in [2.75, 3.05) is 6.54 Å². The maximum Gasteiger partial charge on any atom is 0.0640 e. The van der Waals surface area contributed by atoms with E-state index >= 15 is 0 Å². The predicted octanol–water partition coefficient (Wildman–Crippen LogP) is 3.81. The van der Waals surface area contributed by atoms with Crippen LogP contribution >= 0.6 is 0 Å². The second-order valence-corrected chi connectivity index (χ2v) is 6.70. The first-order valence-electron chi connectivity index (χ1n) is 8.39. The average Bonchev–Trinajstić information content (AvgIpc) is 3.07. The molecule has 0 amide bonds. The number of aromatic nitrogens is 2. The Bertz CT molecular complexity index is 391. The van der Waals surface area contributed by atoms with Crippen LogP contribution in [0.1, 0.15) is 65.1 Å². The molecule has 1 aromatic rings. The number of hydrogen-bond donors (Lipinski definition) is 1. The van der Waals surface area contributed by atoms with Crippen LogP contribution in [0.15, 0.2) is 12.3 Å². The van der Waals surface area contributed by atoms with Crippen molar-refractivity contribution in [1.82, 2.24) is 15.1 Å². The third-order valence-corrected chi connectivity index (χ3v) is 4.94. The van der Waals surface area contributed by atoms with E-state index in [9.17, 15) is 0 Å². The van der Waals surface area contributed by atoms with Gasteiger partial charge in [-0.2, -0.15) is 5.10 Å². The smallest absolute Gasteiger partial charge is 0.0640 e. The van der Waals surface area contributed by atoms with Crippen LogP contribution in [-0.2, 0) is 6.42 Å². The largest absolute Gasteiger partial charge is 0.314 e. The lowest BCUT2D eigenvalue weighted by Gasteiger charge is -2.27. The molecule has 0 spiro atoms. The third-order valence-electron chi connectivity index (χ3n) is 4.94. The summed E-state index contributed by atoms with van der Waals surface area (Å²) in [5, 5.41) is 8.47. The summed E-state index contributed by atoms with van der Waals surface area (Å²) < 4.78 is 2.21. The van der Waals surface area contributed by atoms with Crippen LogP contribution in [-0.4, -0.2) is 22.4 Å². The molecule has 1 heterocycles. The van der Waals surface area contributed by atoms with Crippen LogP contribution in [0.25, 0.3) is 0 Å². The van der Waals surface area contributed by atoms with Gasteiger partial charge in [0.05, 0.1) is 11.7 Å². The number of nitrogens with zero attached hydrogens (tertiary/aromatic N) is 2. The molecule has 1 fully saturated rings. The van der Waals surface area contributed by atoms with Crippen molar-refractivity contribution in [2.24, 2.45) is 11.8 Å². The van der Waals surface area contributed by atoms with Crippen LogP contribution in [0.5, 0.6) is 0 Å². The SMILES string of the molecule is CCNC(Cc1ccn(C2CCCC2)n1)C(C)C(C)C. The first kappa shape index (κ1) is 15.6. The summed E-state index contributed by atoms with van der Waals surface area (Å²) in [6.07, 6.45) is 8.58. The van der Waals surface area contributed by atoms with E-state index in [0.29, 0.717) is 23.9 Å². The normalized spacial score (nSPS) is 19.6. The Hall–Kier alpha value is -0.830. The quantitative estimate of drug-likeness (QED) is 0.821. The molecule has 0 bridgehead atoms. The standard InChI is InChI=1S/C17H31N3/c1-5-18-17(14(4)13(2)3)12-15-10-11-20(19-15)16-8-6-7-9-16/h10-11,13-14,16-18H,5-9,12H2,1-4H3. The number of likely N-dealkylation sites (N-methyl/N-ethyl adjacent to an activating group) is 1. The van der Waals surface area contributed by atoms with Crippen molar-refractivity contribution in [3.05, 3.63) is 18.0 Å². The van der Waals surface area contributed by atoms with Crippen molar-refractivity contribution >= 4 is 0 Å². The Kier molecular flexibility index (Phi) is 5.64. The van der Waals surface area contributed by atoms with E-state index < -0.39 is 0 Å². The molecule has 0 aliphatic heterocycles. The Balaban J connectivity index is 1.99. The van der Waals surface area contributed by atoms with E-state index in [1.165, 1.54) is 31.4 Å². The van der Waals surface area contributed by atoms with Gasteiger partial charge in [-0.25, -0.2) is 0 Å². The first-order valence-corrected chi connectivity index (χ1v) is 8.39. The van der Waals surface area contributed by atoms with Gasteiger partial charge in [0.1, 0.15) is 0 Å². The van der Waals surface area contributed by atoms with E-state index in [4.69, 9.17) is 5.10 Å². The van der Waals surface area contributed by atoms with E-state index in [1.54, 1.807) is 0 Å². The molecule has 1 aliphatic rings. The minimum absolute atomic E-state index is 0.534. The Morgan fingerprint density at radius 3 is 2.60 bits per heavy atom. The van der Waals surface area contributed by atoms with E-state index in [0.717, 1.165) is 13.0 Å². The van der Waals surface area contributed by atoms with Gasteiger partial charge >= 0.3 is 0 Å². The Morgan fingerprint density at radius 1 is 1.30 bits per heavy atom. The van der Waals surface area contributed by atoms with Crippen molar-refractivity contribution in [3.63, 3.8) is 0 Å². The second kappa shape index (κ2) is 7.26. The number of nitrogens with one attached hydrogen (secondary N) is 1. The lowest BCUT2D eigenvalue weighted by Crippen LogP contribution is -2.39. The van der Waals surface area contributed by atoms with Crippen LogP contribution in [0.4, 0.5) is 0 Å². The summed E-state index contributed by atoms with van der Waals surface area (Å²) in [6.45, 7) is 10.2. The molecule has 2 atom stereocenters. The molecular formula is C17H31N3. The summed E-state index contributed by atoms with van der Waals surface area (Å²) in [5.74, 6) is 1.38. The van der Waals surface area contributed by atoms with E-state index in [1.807, 2.05) is 0 Å². The van der Waals surface area contributed by atoms with Gasteiger partial charge in [-0.3, -0.25) is 4.68 Å². The average molecular weight is 277 g/mol. The molecular weight excluding hydrogens is 246 g/mol. The minimum Gasteiger partial charge on any atom is -0.314 e. The fraction of sp³-hybridized carbons (Fsp3) is 0.824. The number of hydrogen-bond acceptors (Lipinski definition) is 2. The zero-order chi connectivity index (χ0) is 14.5. The highest BCUT2D eigenvalue weighted by Crippen LogP contribution is 2.29. The summed E-state index contributed by atoms with van der Waals surface area (Å²) >= 11 is 0. The van der Waals surface area contributed by atoms with Crippen molar-refractivity contribution in [3.8, 4) is 0 Å². The number of rotatable bonds is 7. The fourth-order valence-corrected chi connectivity index (χ4v) is 3.25. The predicted molar refractivity (Wildman–Crippen MR) is 84.9 cm³/mol. The molecule has 1 saturated carbocycles. The van der Waals surface area contributed by atoms with Gasteiger partial charge < -0.3 is 5.32 Å². The summed E-state index contributed by atoms with van der Waals surface area (Å²) in [7, 11) is 0. The van der Waals surface area contributed by atoms with Crippen molar-refractivity contribution in [2.45, 2.75) is 71.9 Å². The molecule has 0 saturated heterocycles. The lowest BCUT2D eigenvalue weighted by molar-refractivity contribution is 0.298. The highest BCUT2D eigenvalue weighted by molar-refractivity contribution is 5.03. The molecule has 1 aromatic heterocycles. The molecule has 0 radical (unpaired) electrons. The van der Waals surface area contributed by atoms with Gasteiger partial charge in [0.2, 0.25) is 0 Å². The highest BCUT2D eigenvalue weighted by atomic mass is 15.3. The van der Waals surface area contributed by atoms with Crippen molar-refractivity contribution in [1.29, 1.82) is 0 Å². The molecule has 3 heteroatoms. The second-order valence-electron chi connectivity index (χ2n) is 6.70. The van der Waals surface area contributed by atoms with Crippen LogP contribution in [0.3, 0.4) is 0 Å². The molecule has 0 aromatic carbocycles. The van der Waals surface area contributed by atoms with Crippen LogP contribution < -0.4 is 5.32 Å². The van der Waals surface area contributed by atoms with E-state index in [-0.39, 0.29) is 0 Å². The summed E-state index contributed by atoms with van der Waals surface area (Å²) in [4.78, 5) is 0. The molecule has 1 aliphatic carbocycles. The molecule has 3 nitrogen and oxygen atoms in total. The maximum atomic E-state index is 4.83. The van der Waals surface area contributed by atoms with Crippen LogP contribution in [0, 0.1) is 11.8 Å². The third kappa shape index (κ3) is 3.85. The molecule has 114 valence electrons. The van der Waals surface area contributed by atoms with Crippen LogP contribution in [0.2, 0.25) is 0 Å². The van der Waals surface area contributed by atoms with Gasteiger partial charge in [0, 0.05) is 18.7 Å². The molecule has 2 rings (SSSR count). The van der Waals surface area contributed by atoms with E-state index in [2.05, 4.69) is 50.0 Å². The maximum absolute atomic E-state index is 4.83. The fourth-order valence-electron chi connectivity index (χ4n) is 3.25. The van der Waals surface area contributed by atoms with Gasteiger partial charge in [-0.15, -0.1) is 0 Å². The Labute approximate surface area is 124 Å². The summed E-state index contributed by atoms with van der Waals surface area (Å²) in [5.41, 5.74) is 1.25. The minimum atomic E-state index is 0.534. The molecule has 1 N–H and O–H groups in total. The highest BCUT2D eigenvalue weighted by Gasteiger charge is 2.22. The van der Waals surface area contributed by atoms with Gasteiger partial charge in [-0.1, -0.05) is 40.5 Å². The monoisotopic (exact) mass is 277 g/mol. The van der Waals surface area contributed by atoms with Gasteiger partial charge in [0.15, 0.2) is 0 Å². The molecule has 20 heavy (non-hydrogen) atoms. The van der Waals surface area contributed by atoms with Crippen molar-refractivity contribution < 1.29 is 0 Å². The zero-order valence-corrected chi connectivity index (χ0v) is 13.6. The van der Waals surface area contributed by atoms with Gasteiger partial charge in [0.25, 0.3) is 0 Å². The zero-order valence-electron chi connectivity index (χ0n) is 13.6. The lowest BCUT2D eigenvalue weighted by atomic mass is 9.87. The topological polar surface area (TPSA) is 29.9 Å². The summed E-state index contributed by atoms with van der Waals surface area (Å²) in [6, 6.07) is 3.41. The Morgan fingerprint density at radius 2 is 2.00 bits per heavy atom. The van der Waals surface area contributed by atoms with Gasteiger partial charge in [-0.05, 0) is 37.3 Å².